The molecule has 1 amide bonds. The summed E-state index contributed by atoms with van der Waals surface area (Å²) in [5.74, 6) is 0. The van der Waals surface area contributed by atoms with Crippen molar-refractivity contribution in [3.63, 3.8) is 0 Å². The number of halogens is 1. The van der Waals surface area contributed by atoms with Crippen molar-refractivity contribution < 1.29 is 9.53 Å². The van der Waals surface area contributed by atoms with Crippen LogP contribution >= 0.6 is 11.6 Å². The molecule has 0 fully saturated rings. The Bertz CT molecular complexity index is 1090. The fourth-order valence-corrected chi connectivity index (χ4v) is 3.04. The molecule has 2 N–H and O–H groups in total. The van der Waals surface area contributed by atoms with Crippen LogP contribution in [0.5, 0.6) is 0 Å². The van der Waals surface area contributed by atoms with E-state index in [4.69, 9.17) is 16.3 Å². The first-order valence-electron chi connectivity index (χ1n) is 8.82. The van der Waals surface area contributed by atoms with Gasteiger partial charge in [-0.25, -0.2) is 9.48 Å². The summed E-state index contributed by atoms with van der Waals surface area (Å²) in [5.41, 5.74) is 3.62. The molecule has 0 saturated carbocycles. The van der Waals surface area contributed by atoms with Crippen molar-refractivity contribution in [1.29, 1.82) is 0 Å². The van der Waals surface area contributed by atoms with Crippen LogP contribution in [0.3, 0.4) is 0 Å². The SMILES string of the molecule is O=C(NCCc1c[nH]c2ccccc12)OCc1cn(-c2ccc(Cl)cc2)nn1. The third kappa shape index (κ3) is 4.15. The third-order valence-electron chi connectivity index (χ3n) is 4.32. The Morgan fingerprint density at radius 3 is 2.86 bits per heavy atom. The van der Waals surface area contributed by atoms with Crippen LogP contribution in [0.15, 0.2) is 60.9 Å². The van der Waals surface area contributed by atoms with E-state index < -0.39 is 6.09 Å². The summed E-state index contributed by atoms with van der Waals surface area (Å²) in [6.45, 7) is 0.532. The largest absolute Gasteiger partial charge is 0.443 e. The molecule has 0 aliphatic heterocycles. The van der Waals surface area contributed by atoms with Crippen molar-refractivity contribution in [2.24, 2.45) is 0 Å². The lowest BCUT2D eigenvalue weighted by atomic mass is 10.1. The zero-order valence-electron chi connectivity index (χ0n) is 14.9. The smallest absolute Gasteiger partial charge is 0.407 e. The number of nitrogens with zero attached hydrogens (tertiary/aromatic N) is 3. The highest BCUT2D eigenvalue weighted by atomic mass is 35.5. The Balaban J connectivity index is 1.25. The van der Waals surface area contributed by atoms with Gasteiger partial charge in [0.2, 0.25) is 0 Å². The molecule has 0 bridgehead atoms. The highest BCUT2D eigenvalue weighted by Gasteiger charge is 2.08. The Labute approximate surface area is 166 Å². The average Bonchev–Trinajstić information content (AvgIpc) is 3.35. The molecule has 4 aromatic rings. The van der Waals surface area contributed by atoms with Crippen molar-refractivity contribution in [3.05, 3.63) is 77.2 Å². The number of rotatable bonds is 6. The average molecular weight is 396 g/mol. The first-order valence-corrected chi connectivity index (χ1v) is 9.19. The van der Waals surface area contributed by atoms with E-state index in [1.165, 1.54) is 0 Å². The van der Waals surface area contributed by atoms with Crippen LogP contribution in [-0.4, -0.2) is 32.6 Å². The molecule has 8 heteroatoms. The monoisotopic (exact) mass is 395 g/mol. The number of hydrogen-bond acceptors (Lipinski definition) is 4. The molecular weight excluding hydrogens is 378 g/mol. The molecular formula is C20H18ClN5O2. The second-order valence-electron chi connectivity index (χ2n) is 6.24. The van der Waals surface area contributed by atoms with E-state index in [0.717, 1.165) is 22.2 Å². The molecule has 2 aromatic carbocycles. The molecule has 0 radical (unpaired) electrons. The van der Waals surface area contributed by atoms with Crippen LogP contribution < -0.4 is 5.32 Å². The molecule has 142 valence electrons. The molecule has 2 heterocycles. The summed E-state index contributed by atoms with van der Waals surface area (Å²) in [5, 5.41) is 12.6. The summed E-state index contributed by atoms with van der Waals surface area (Å²) in [7, 11) is 0. The zero-order valence-corrected chi connectivity index (χ0v) is 15.7. The standard InChI is InChI=1S/C20H18ClN5O2/c21-15-5-7-17(8-6-15)26-12-16(24-25-26)13-28-20(27)22-10-9-14-11-23-19-4-2-1-3-18(14)19/h1-8,11-12,23H,9-10,13H2,(H,22,27). The number of benzene rings is 2. The van der Waals surface area contributed by atoms with Crippen LogP contribution in [0.4, 0.5) is 4.79 Å². The van der Waals surface area contributed by atoms with E-state index in [1.54, 1.807) is 23.0 Å². The van der Waals surface area contributed by atoms with Crippen molar-refractivity contribution in [2.75, 3.05) is 6.54 Å². The Morgan fingerprint density at radius 1 is 1.18 bits per heavy atom. The second-order valence-corrected chi connectivity index (χ2v) is 6.68. The highest BCUT2D eigenvalue weighted by Crippen LogP contribution is 2.17. The second kappa shape index (κ2) is 8.14. The maximum Gasteiger partial charge on any atom is 0.407 e. The summed E-state index contributed by atoms with van der Waals surface area (Å²) >= 11 is 5.88. The van der Waals surface area contributed by atoms with Gasteiger partial charge in [-0.05, 0) is 42.3 Å². The molecule has 2 aromatic heterocycles. The molecule has 0 saturated heterocycles. The van der Waals surface area contributed by atoms with Crippen molar-refractivity contribution in [2.45, 2.75) is 13.0 Å². The minimum Gasteiger partial charge on any atom is -0.443 e. The maximum atomic E-state index is 11.9. The number of aromatic nitrogens is 4. The first kappa shape index (κ1) is 18.1. The number of ether oxygens (including phenoxy) is 1. The lowest BCUT2D eigenvalue weighted by molar-refractivity contribution is 0.138. The van der Waals surface area contributed by atoms with Crippen LogP contribution in [-0.2, 0) is 17.8 Å². The lowest BCUT2D eigenvalue weighted by Crippen LogP contribution is -2.26. The molecule has 0 aliphatic rings. The van der Waals surface area contributed by atoms with E-state index in [9.17, 15) is 4.79 Å². The van der Waals surface area contributed by atoms with Gasteiger partial charge in [0.1, 0.15) is 12.3 Å². The number of para-hydroxylation sites is 1. The summed E-state index contributed by atoms with van der Waals surface area (Å²) < 4.78 is 6.81. The zero-order chi connectivity index (χ0) is 19.3. The van der Waals surface area contributed by atoms with Crippen molar-refractivity contribution in [1.82, 2.24) is 25.3 Å². The van der Waals surface area contributed by atoms with Crippen molar-refractivity contribution >= 4 is 28.6 Å². The van der Waals surface area contributed by atoms with E-state index in [2.05, 4.69) is 26.7 Å². The fourth-order valence-electron chi connectivity index (χ4n) is 2.91. The molecule has 0 atom stereocenters. The molecule has 28 heavy (non-hydrogen) atoms. The van der Waals surface area contributed by atoms with Crippen molar-refractivity contribution in [3.8, 4) is 5.69 Å². The van der Waals surface area contributed by atoms with Gasteiger partial charge in [0, 0.05) is 28.7 Å². The topological polar surface area (TPSA) is 84.8 Å². The third-order valence-corrected chi connectivity index (χ3v) is 4.57. The quantitative estimate of drug-likeness (QED) is 0.519. The number of nitrogens with one attached hydrogen (secondary N) is 2. The minimum atomic E-state index is -0.485. The number of H-pyrrole nitrogens is 1. The van der Waals surface area contributed by atoms with Crippen LogP contribution in [0.1, 0.15) is 11.3 Å². The van der Waals surface area contributed by atoms with E-state index in [-0.39, 0.29) is 6.61 Å². The van der Waals surface area contributed by atoms with Gasteiger partial charge in [-0.2, -0.15) is 0 Å². The van der Waals surface area contributed by atoms with Gasteiger partial charge in [0.25, 0.3) is 0 Å². The van der Waals surface area contributed by atoms with Gasteiger partial charge in [-0.15, -0.1) is 5.10 Å². The molecule has 0 unspecified atom stereocenters. The lowest BCUT2D eigenvalue weighted by Gasteiger charge is -2.05. The Morgan fingerprint density at radius 2 is 2.00 bits per heavy atom. The molecule has 0 aliphatic carbocycles. The number of carbonyl (C=O) groups is 1. The van der Waals surface area contributed by atoms with Gasteiger partial charge >= 0.3 is 6.09 Å². The summed E-state index contributed by atoms with van der Waals surface area (Å²) in [4.78, 5) is 15.1. The van der Waals surface area contributed by atoms with Gasteiger partial charge in [0.05, 0.1) is 11.9 Å². The summed E-state index contributed by atoms with van der Waals surface area (Å²) in [6.07, 6.45) is 3.90. The first-order chi connectivity index (χ1) is 13.7. The minimum absolute atomic E-state index is 0.0481. The Kier molecular flexibility index (Phi) is 5.25. The van der Waals surface area contributed by atoms with Crippen LogP contribution in [0.2, 0.25) is 5.02 Å². The van der Waals surface area contributed by atoms with E-state index >= 15 is 0 Å². The highest BCUT2D eigenvalue weighted by molar-refractivity contribution is 6.30. The number of hydrogen-bond donors (Lipinski definition) is 2. The predicted molar refractivity (Wildman–Crippen MR) is 107 cm³/mol. The number of carbonyl (C=O) groups excluding carboxylic acids is 1. The van der Waals surface area contributed by atoms with Gasteiger partial charge in [-0.3, -0.25) is 0 Å². The van der Waals surface area contributed by atoms with E-state index in [1.807, 2.05) is 36.5 Å². The van der Waals surface area contributed by atoms with E-state index in [0.29, 0.717) is 23.7 Å². The number of amides is 1. The number of fused-ring (bicyclic) bond motifs is 1. The number of aromatic amines is 1. The van der Waals surface area contributed by atoms with Crippen LogP contribution in [0.25, 0.3) is 16.6 Å². The molecule has 4 rings (SSSR count). The van der Waals surface area contributed by atoms with Gasteiger partial charge in [-0.1, -0.05) is 35.0 Å². The molecule has 0 spiro atoms. The van der Waals surface area contributed by atoms with Gasteiger partial charge in [0.15, 0.2) is 0 Å². The fraction of sp³-hybridized carbons (Fsp3) is 0.150. The molecule has 7 nitrogen and oxygen atoms in total. The normalized spacial score (nSPS) is 10.9. The predicted octanol–water partition coefficient (Wildman–Crippen LogP) is 3.87. The van der Waals surface area contributed by atoms with Crippen LogP contribution in [0, 0.1) is 0 Å². The summed E-state index contributed by atoms with van der Waals surface area (Å²) in [6, 6.07) is 15.3. The Hall–Kier alpha value is -3.32. The number of alkyl carbamates (subject to hydrolysis) is 1. The van der Waals surface area contributed by atoms with Gasteiger partial charge < -0.3 is 15.0 Å². The maximum absolute atomic E-state index is 11.9.